The number of nitrogens with zero attached hydrogens (tertiary/aromatic N) is 1. The minimum atomic E-state index is -0.263. The Morgan fingerprint density at radius 2 is 2.29 bits per heavy atom. The SMILES string of the molecule is CN(C(=O)CCNC(=O)CCl)c1cc(Br)cs1. The van der Waals surface area contributed by atoms with Gasteiger partial charge in [-0.15, -0.1) is 22.9 Å². The molecule has 0 saturated carbocycles. The third-order valence-electron chi connectivity index (χ3n) is 2.04. The Morgan fingerprint density at radius 1 is 1.59 bits per heavy atom. The van der Waals surface area contributed by atoms with Crippen molar-refractivity contribution >= 4 is 55.7 Å². The van der Waals surface area contributed by atoms with Gasteiger partial charge in [-0.2, -0.15) is 0 Å². The lowest BCUT2D eigenvalue weighted by Crippen LogP contribution is -2.32. The minimum Gasteiger partial charge on any atom is -0.355 e. The van der Waals surface area contributed by atoms with Gasteiger partial charge in [0.1, 0.15) is 5.88 Å². The number of carbonyl (C=O) groups excluding carboxylic acids is 2. The zero-order valence-electron chi connectivity index (χ0n) is 9.20. The molecule has 0 aliphatic carbocycles. The first-order chi connectivity index (χ1) is 8.04. The maximum atomic E-state index is 11.8. The Bertz CT molecular complexity index is 411. The summed E-state index contributed by atoms with van der Waals surface area (Å²) in [5.41, 5.74) is 0. The average Bonchev–Trinajstić information content (AvgIpc) is 2.74. The highest BCUT2D eigenvalue weighted by Gasteiger charge is 2.12. The molecular weight excluding hydrogens is 328 g/mol. The molecule has 1 rings (SSSR count). The molecule has 0 aliphatic rings. The first-order valence-corrected chi connectivity index (χ1v) is 7.08. The van der Waals surface area contributed by atoms with Crippen molar-refractivity contribution in [2.24, 2.45) is 0 Å². The second-order valence-electron chi connectivity index (χ2n) is 3.29. The molecule has 2 amide bonds. The average molecular weight is 340 g/mol. The lowest BCUT2D eigenvalue weighted by atomic mass is 10.3. The molecule has 0 atom stereocenters. The topological polar surface area (TPSA) is 49.4 Å². The van der Waals surface area contributed by atoms with Gasteiger partial charge in [0.25, 0.3) is 0 Å². The van der Waals surface area contributed by atoms with E-state index in [0.717, 1.165) is 9.47 Å². The van der Waals surface area contributed by atoms with Gasteiger partial charge in [0, 0.05) is 29.9 Å². The molecule has 17 heavy (non-hydrogen) atoms. The first kappa shape index (κ1) is 14.5. The second-order valence-corrected chi connectivity index (χ2v) is 5.36. The normalized spacial score (nSPS) is 10.1. The maximum absolute atomic E-state index is 11.8. The van der Waals surface area contributed by atoms with Crippen LogP contribution in [0.3, 0.4) is 0 Å². The molecule has 0 unspecified atom stereocenters. The van der Waals surface area contributed by atoms with Crippen LogP contribution in [-0.4, -0.2) is 31.3 Å². The van der Waals surface area contributed by atoms with E-state index >= 15 is 0 Å². The van der Waals surface area contributed by atoms with Crippen molar-refractivity contribution in [3.8, 4) is 0 Å². The van der Waals surface area contributed by atoms with E-state index in [4.69, 9.17) is 11.6 Å². The van der Waals surface area contributed by atoms with Gasteiger partial charge in [-0.1, -0.05) is 0 Å². The molecule has 1 aromatic heterocycles. The highest BCUT2D eigenvalue weighted by molar-refractivity contribution is 9.10. The van der Waals surface area contributed by atoms with E-state index in [2.05, 4.69) is 21.2 Å². The number of amides is 2. The highest BCUT2D eigenvalue weighted by atomic mass is 79.9. The maximum Gasteiger partial charge on any atom is 0.234 e. The number of rotatable bonds is 5. The Morgan fingerprint density at radius 3 is 2.82 bits per heavy atom. The van der Waals surface area contributed by atoms with Crippen LogP contribution in [0.1, 0.15) is 6.42 Å². The van der Waals surface area contributed by atoms with Crippen molar-refractivity contribution in [1.29, 1.82) is 0 Å². The summed E-state index contributed by atoms with van der Waals surface area (Å²) in [7, 11) is 1.71. The fourth-order valence-electron chi connectivity index (χ4n) is 1.13. The molecule has 0 aliphatic heterocycles. The fourth-order valence-corrected chi connectivity index (χ4v) is 2.62. The zero-order valence-corrected chi connectivity index (χ0v) is 12.4. The monoisotopic (exact) mass is 338 g/mol. The van der Waals surface area contributed by atoms with Crippen LogP contribution in [0.15, 0.2) is 15.9 Å². The number of nitrogens with one attached hydrogen (secondary N) is 1. The Hall–Kier alpha value is -0.590. The number of anilines is 1. The number of carbonyl (C=O) groups is 2. The van der Waals surface area contributed by atoms with Crippen molar-refractivity contribution in [2.45, 2.75) is 6.42 Å². The molecule has 7 heteroatoms. The van der Waals surface area contributed by atoms with Crippen LogP contribution in [-0.2, 0) is 9.59 Å². The van der Waals surface area contributed by atoms with E-state index < -0.39 is 0 Å². The van der Waals surface area contributed by atoms with Gasteiger partial charge in [0.15, 0.2) is 0 Å². The summed E-state index contributed by atoms with van der Waals surface area (Å²) in [6.07, 6.45) is 0.259. The summed E-state index contributed by atoms with van der Waals surface area (Å²) in [6.45, 7) is 0.307. The van der Waals surface area contributed by atoms with Crippen LogP contribution in [0, 0.1) is 0 Å². The van der Waals surface area contributed by atoms with Gasteiger partial charge in [0.05, 0.1) is 5.00 Å². The van der Waals surface area contributed by atoms with Gasteiger partial charge in [-0.25, -0.2) is 0 Å². The summed E-state index contributed by atoms with van der Waals surface area (Å²) >= 11 is 10.1. The van der Waals surface area contributed by atoms with Crippen LogP contribution >= 0.6 is 38.9 Å². The van der Waals surface area contributed by atoms with Crippen LogP contribution in [0.2, 0.25) is 0 Å². The summed E-state index contributed by atoms with van der Waals surface area (Å²) in [5.74, 6) is -0.391. The zero-order chi connectivity index (χ0) is 12.8. The van der Waals surface area contributed by atoms with Crippen LogP contribution in [0.25, 0.3) is 0 Å². The molecule has 94 valence electrons. The largest absolute Gasteiger partial charge is 0.355 e. The Kier molecular flexibility index (Phi) is 5.94. The van der Waals surface area contributed by atoms with E-state index in [-0.39, 0.29) is 24.1 Å². The van der Waals surface area contributed by atoms with E-state index in [9.17, 15) is 9.59 Å². The second kappa shape index (κ2) is 6.98. The summed E-state index contributed by atoms with van der Waals surface area (Å²) < 4.78 is 0.951. The van der Waals surface area contributed by atoms with Gasteiger partial charge in [0.2, 0.25) is 11.8 Å². The summed E-state index contributed by atoms with van der Waals surface area (Å²) in [5, 5.41) is 5.33. The minimum absolute atomic E-state index is 0.0470. The molecular formula is C10H12BrClN2O2S. The molecule has 0 bridgehead atoms. The Labute approximate surface area is 117 Å². The van der Waals surface area contributed by atoms with Crippen molar-refractivity contribution < 1.29 is 9.59 Å². The van der Waals surface area contributed by atoms with E-state index in [0.29, 0.717) is 6.54 Å². The number of halogens is 2. The third-order valence-corrected chi connectivity index (χ3v) is 4.05. The molecule has 1 aromatic rings. The number of alkyl halides is 1. The number of thiophene rings is 1. The summed E-state index contributed by atoms with van der Waals surface area (Å²) in [6, 6.07) is 1.87. The number of hydrogen-bond donors (Lipinski definition) is 1. The molecule has 0 saturated heterocycles. The standard InChI is InChI=1S/C10H12BrClN2O2S/c1-14(10-4-7(11)6-17-10)9(16)2-3-13-8(15)5-12/h4,6H,2-3,5H2,1H3,(H,13,15). The molecule has 0 fully saturated rings. The van der Waals surface area contributed by atoms with Crippen LogP contribution in [0.4, 0.5) is 5.00 Å². The predicted molar refractivity (Wildman–Crippen MR) is 73.8 cm³/mol. The first-order valence-electron chi connectivity index (χ1n) is 4.88. The van der Waals surface area contributed by atoms with E-state index in [1.807, 2.05) is 11.4 Å². The number of hydrogen-bond acceptors (Lipinski definition) is 3. The van der Waals surface area contributed by atoms with Gasteiger partial charge in [-0.3, -0.25) is 9.59 Å². The van der Waals surface area contributed by atoms with Crippen molar-refractivity contribution in [2.75, 3.05) is 24.4 Å². The van der Waals surface area contributed by atoms with Gasteiger partial charge in [-0.05, 0) is 22.0 Å². The van der Waals surface area contributed by atoms with Crippen molar-refractivity contribution in [1.82, 2.24) is 5.32 Å². The molecule has 0 spiro atoms. The van der Waals surface area contributed by atoms with E-state index in [1.165, 1.54) is 11.3 Å². The Balaban J connectivity index is 2.40. The quantitative estimate of drug-likeness (QED) is 0.836. The third kappa shape index (κ3) is 4.65. The lowest BCUT2D eigenvalue weighted by molar-refractivity contribution is -0.119. The van der Waals surface area contributed by atoms with Crippen molar-refractivity contribution in [3.05, 3.63) is 15.9 Å². The van der Waals surface area contributed by atoms with Gasteiger partial charge >= 0.3 is 0 Å². The highest BCUT2D eigenvalue weighted by Crippen LogP contribution is 2.27. The van der Waals surface area contributed by atoms with Crippen LogP contribution in [0.5, 0.6) is 0 Å². The molecule has 0 aromatic carbocycles. The van der Waals surface area contributed by atoms with E-state index in [1.54, 1.807) is 11.9 Å². The predicted octanol–water partition coefficient (Wildman–Crippen LogP) is 2.22. The molecule has 0 radical (unpaired) electrons. The summed E-state index contributed by atoms with van der Waals surface area (Å²) in [4.78, 5) is 24.2. The lowest BCUT2D eigenvalue weighted by Gasteiger charge is -2.14. The van der Waals surface area contributed by atoms with Crippen LogP contribution < -0.4 is 10.2 Å². The molecule has 1 heterocycles. The fraction of sp³-hybridized carbons (Fsp3) is 0.400. The molecule has 4 nitrogen and oxygen atoms in total. The molecule has 1 N–H and O–H groups in total. The smallest absolute Gasteiger partial charge is 0.234 e. The van der Waals surface area contributed by atoms with Crippen molar-refractivity contribution in [3.63, 3.8) is 0 Å². The van der Waals surface area contributed by atoms with Gasteiger partial charge < -0.3 is 10.2 Å².